The Morgan fingerprint density at radius 2 is 2.11 bits per heavy atom. The molecule has 6 rings (SSSR count). The van der Waals surface area contributed by atoms with Gasteiger partial charge in [-0.3, -0.25) is 14.6 Å². The molecule has 2 aromatic rings. The summed E-state index contributed by atoms with van der Waals surface area (Å²) in [5.74, 6) is -0.134. The van der Waals surface area contributed by atoms with E-state index in [0.29, 0.717) is 50.8 Å². The number of benzene rings is 1. The molecule has 0 bridgehead atoms. The number of ether oxygens (including phenoxy) is 2. The second-order valence-electron chi connectivity index (χ2n) is 10.6. The molecule has 1 aliphatic carbocycles. The van der Waals surface area contributed by atoms with Gasteiger partial charge >= 0.3 is 6.18 Å². The third-order valence-corrected chi connectivity index (χ3v) is 8.11. The molecule has 8 nitrogen and oxygen atoms in total. The zero-order valence-electron chi connectivity index (χ0n) is 20.6. The standard InChI is InChI=1S/C26H32F3N5O3/c27-26(28,29)18-2-1-16-5-7-33(10-17(16)9-18)13-24(35)32-21-11-34(19-6-8-36-14-19)12-23(21)37-22-4-3-20-25(22)31-15-30-20/h1-2,9,15,19,21-23H,3-8,10-14H2,(H,30,31)(H,32,35). The van der Waals surface area contributed by atoms with Crippen molar-refractivity contribution in [1.82, 2.24) is 25.1 Å². The largest absolute Gasteiger partial charge is 0.416 e. The molecule has 37 heavy (non-hydrogen) atoms. The first-order valence-electron chi connectivity index (χ1n) is 13.0. The first-order chi connectivity index (χ1) is 17.8. The van der Waals surface area contributed by atoms with Gasteiger partial charge in [0, 0.05) is 44.5 Å². The lowest BCUT2D eigenvalue weighted by Crippen LogP contribution is -2.48. The molecular formula is C26H32F3N5O3. The van der Waals surface area contributed by atoms with Crippen LogP contribution in [0.15, 0.2) is 24.5 Å². The van der Waals surface area contributed by atoms with Crippen LogP contribution in [0.4, 0.5) is 13.2 Å². The maximum Gasteiger partial charge on any atom is 0.416 e. The van der Waals surface area contributed by atoms with E-state index in [-0.39, 0.29) is 30.7 Å². The van der Waals surface area contributed by atoms with Gasteiger partial charge in [-0.05, 0) is 48.9 Å². The summed E-state index contributed by atoms with van der Waals surface area (Å²) in [6, 6.07) is 4.06. The summed E-state index contributed by atoms with van der Waals surface area (Å²) in [7, 11) is 0. The molecule has 4 atom stereocenters. The Morgan fingerprint density at radius 1 is 1.22 bits per heavy atom. The van der Waals surface area contributed by atoms with E-state index < -0.39 is 11.7 Å². The number of likely N-dealkylation sites (tertiary alicyclic amines) is 1. The minimum absolute atomic E-state index is 0.0909. The van der Waals surface area contributed by atoms with Crippen LogP contribution < -0.4 is 5.32 Å². The van der Waals surface area contributed by atoms with Crippen molar-refractivity contribution in [3.63, 3.8) is 0 Å². The fraction of sp³-hybridized carbons (Fsp3) is 0.615. The van der Waals surface area contributed by atoms with Crippen LogP contribution in [0.1, 0.15) is 47.0 Å². The average Bonchev–Trinajstić information content (AvgIpc) is 3.65. The minimum atomic E-state index is -4.38. The van der Waals surface area contributed by atoms with Crippen molar-refractivity contribution in [3.8, 4) is 0 Å². The van der Waals surface area contributed by atoms with E-state index in [4.69, 9.17) is 9.47 Å². The van der Waals surface area contributed by atoms with Crippen molar-refractivity contribution in [2.75, 3.05) is 39.4 Å². The number of imidazole rings is 1. The molecule has 1 aromatic heterocycles. The Morgan fingerprint density at radius 3 is 2.92 bits per heavy atom. The number of alkyl halides is 3. The van der Waals surface area contributed by atoms with Gasteiger partial charge in [0.05, 0.1) is 42.9 Å². The molecule has 2 fully saturated rings. The second kappa shape index (κ2) is 10.0. The SMILES string of the molecule is O=C(CN1CCc2ccc(C(F)(F)F)cc2C1)NC1CN(C2CCOC2)CC1OC1CCc2[nH]cnc21. The molecule has 4 aliphatic rings. The quantitative estimate of drug-likeness (QED) is 0.610. The summed E-state index contributed by atoms with van der Waals surface area (Å²) in [6.45, 7) is 3.93. The molecule has 0 spiro atoms. The molecule has 4 heterocycles. The fourth-order valence-electron chi connectivity index (χ4n) is 6.14. The zero-order valence-corrected chi connectivity index (χ0v) is 20.6. The van der Waals surface area contributed by atoms with E-state index in [0.717, 1.165) is 48.9 Å². The van der Waals surface area contributed by atoms with Crippen LogP contribution >= 0.6 is 0 Å². The first-order valence-corrected chi connectivity index (χ1v) is 13.0. The molecular weight excluding hydrogens is 487 g/mol. The number of aryl methyl sites for hydroxylation is 1. The van der Waals surface area contributed by atoms with E-state index in [9.17, 15) is 18.0 Å². The smallest absolute Gasteiger partial charge is 0.380 e. The molecule has 2 saturated heterocycles. The van der Waals surface area contributed by atoms with E-state index in [1.165, 1.54) is 6.07 Å². The number of aromatic nitrogens is 2. The Labute approximate surface area is 213 Å². The highest BCUT2D eigenvalue weighted by Crippen LogP contribution is 2.35. The third kappa shape index (κ3) is 5.27. The van der Waals surface area contributed by atoms with Crippen molar-refractivity contribution in [2.45, 2.75) is 62.7 Å². The van der Waals surface area contributed by atoms with Crippen LogP contribution in [0.5, 0.6) is 0 Å². The minimum Gasteiger partial charge on any atom is -0.380 e. The molecule has 11 heteroatoms. The van der Waals surface area contributed by atoms with E-state index in [1.54, 1.807) is 12.4 Å². The first kappa shape index (κ1) is 24.8. The number of H-pyrrole nitrogens is 1. The number of nitrogens with one attached hydrogen (secondary N) is 2. The summed E-state index contributed by atoms with van der Waals surface area (Å²) in [4.78, 5) is 25.0. The highest BCUT2D eigenvalue weighted by molar-refractivity contribution is 5.78. The van der Waals surface area contributed by atoms with Gasteiger partial charge in [-0.15, -0.1) is 0 Å². The zero-order chi connectivity index (χ0) is 25.6. The summed E-state index contributed by atoms with van der Waals surface area (Å²) in [5, 5.41) is 3.18. The van der Waals surface area contributed by atoms with Gasteiger partial charge in [0.1, 0.15) is 6.10 Å². The predicted molar refractivity (Wildman–Crippen MR) is 128 cm³/mol. The number of fused-ring (bicyclic) bond motifs is 2. The number of amides is 1. The summed E-state index contributed by atoms with van der Waals surface area (Å²) in [5.41, 5.74) is 2.98. The number of nitrogens with zero attached hydrogens (tertiary/aromatic N) is 3. The Hall–Kier alpha value is -2.47. The third-order valence-electron chi connectivity index (χ3n) is 8.11. The Bertz CT molecular complexity index is 1130. The van der Waals surface area contributed by atoms with Crippen molar-refractivity contribution < 1.29 is 27.4 Å². The molecule has 3 aliphatic heterocycles. The van der Waals surface area contributed by atoms with Gasteiger partial charge in [-0.2, -0.15) is 13.2 Å². The molecule has 0 saturated carbocycles. The number of hydrogen-bond acceptors (Lipinski definition) is 6. The van der Waals surface area contributed by atoms with E-state index >= 15 is 0 Å². The summed E-state index contributed by atoms with van der Waals surface area (Å²) in [6.07, 6.45) is 0.415. The maximum absolute atomic E-state index is 13.2. The van der Waals surface area contributed by atoms with Crippen LogP contribution in [-0.4, -0.2) is 83.3 Å². The lowest BCUT2D eigenvalue weighted by molar-refractivity contribution is -0.137. The molecule has 0 radical (unpaired) electrons. The number of aromatic amines is 1. The predicted octanol–water partition coefficient (Wildman–Crippen LogP) is 2.45. The van der Waals surface area contributed by atoms with Gasteiger partial charge in [-0.1, -0.05) is 6.07 Å². The van der Waals surface area contributed by atoms with Crippen molar-refractivity contribution in [3.05, 3.63) is 52.6 Å². The molecule has 2 N–H and O–H groups in total. The van der Waals surface area contributed by atoms with Gasteiger partial charge in [-0.25, -0.2) is 4.98 Å². The maximum atomic E-state index is 13.2. The van der Waals surface area contributed by atoms with Crippen LogP contribution in [-0.2, 0) is 39.8 Å². The normalized spacial score (nSPS) is 28.4. The van der Waals surface area contributed by atoms with Crippen molar-refractivity contribution in [1.29, 1.82) is 0 Å². The highest BCUT2D eigenvalue weighted by atomic mass is 19.4. The number of hydrogen-bond donors (Lipinski definition) is 2. The monoisotopic (exact) mass is 519 g/mol. The number of carbonyl (C=O) groups excluding carboxylic acids is 1. The van der Waals surface area contributed by atoms with Crippen LogP contribution in [0.25, 0.3) is 0 Å². The van der Waals surface area contributed by atoms with Crippen LogP contribution in [0.2, 0.25) is 0 Å². The topological polar surface area (TPSA) is 82.7 Å². The van der Waals surface area contributed by atoms with Gasteiger partial charge in [0.15, 0.2) is 0 Å². The molecule has 1 amide bonds. The van der Waals surface area contributed by atoms with Gasteiger partial charge in [0.25, 0.3) is 0 Å². The van der Waals surface area contributed by atoms with Gasteiger partial charge in [0.2, 0.25) is 5.91 Å². The number of carbonyl (C=O) groups is 1. The second-order valence-corrected chi connectivity index (χ2v) is 10.6. The molecule has 1 aromatic carbocycles. The Balaban J connectivity index is 1.10. The Kier molecular flexibility index (Phi) is 6.72. The van der Waals surface area contributed by atoms with E-state index in [1.807, 2.05) is 4.90 Å². The van der Waals surface area contributed by atoms with Crippen molar-refractivity contribution in [2.24, 2.45) is 0 Å². The average molecular weight is 520 g/mol. The highest BCUT2D eigenvalue weighted by Gasteiger charge is 2.41. The molecule has 200 valence electrons. The fourth-order valence-corrected chi connectivity index (χ4v) is 6.14. The molecule has 4 unspecified atom stereocenters. The lowest BCUT2D eigenvalue weighted by Gasteiger charge is -2.30. The van der Waals surface area contributed by atoms with Crippen LogP contribution in [0.3, 0.4) is 0 Å². The van der Waals surface area contributed by atoms with E-state index in [2.05, 4.69) is 20.2 Å². The van der Waals surface area contributed by atoms with Crippen molar-refractivity contribution >= 4 is 5.91 Å². The number of rotatable bonds is 6. The summed E-state index contributed by atoms with van der Waals surface area (Å²) >= 11 is 0. The van der Waals surface area contributed by atoms with Crippen LogP contribution in [0, 0.1) is 0 Å². The number of halogens is 3. The summed E-state index contributed by atoms with van der Waals surface area (Å²) < 4.78 is 51.7. The lowest BCUT2D eigenvalue weighted by atomic mass is 9.97. The van der Waals surface area contributed by atoms with Gasteiger partial charge < -0.3 is 19.8 Å².